The highest BCUT2D eigenvalue weighted by Crippen LogP contribution is 2.12. The lowest BCUT2D eigenvalue weighted by molar-refractivity contribution is 0.103. The normalized spacial score (nSPS) is 11.6. The van der Waals surface area contributed by atoms with Gasteiger partial charge in [-0.15, -0.1) is 0 Å². The summed E-state index contributed by atoms with van der Waals surface area (Å²) in [6.45, 7) is 0.348. The summed E-state index contributed by atoms with van der Waals surface area (Å²) < 4.78 is 14.9. The Morgan fingerprint density at radius 2 is 2.22 bits per heavy atom. The summed E-state index contributed by atoms with van der Waals surface area (Å²) in [6.07, 6.45) is 4.08. The largest absolute Gasteiger partial charge is 0.504 e. The van der Waals surface area contributed by atoms with Crippen molar-refractivity contribution >= 4 is 11.5 Å². The number of benzene rings is 1. The Labute approximate surface area is 130 Å². The molecule has 0 aliphatic carbocycles. The number of rotatable bonds is 5. The number of aromatic nitrogens is 4. The molecule has 3 aromatic rings. The first-order valence-corrected chi connectivity index (χ1v) is 6.84. The molecule has 3 rings (SSSR count). The highest BCUT2D eigenvalue weighted by molar-refractivity contribution is 6.06. The number of H-pyrrole nitrogens is 1. The number of nitrogens with zero attached hydrogens (tertiary/aromatic N) is 3. The lowest BCUT2D eigenvalue weighted by atomic mass is 10.2. The number of allylic oxidation sites excluding steroid dienone is 1. The molecular formula is C16H13FN4O2. The zero-order valence-corrected chi connectivity index (χ0v) is 12.0. The molecule has 0 unspecified atom stereocenters. The highest BCUT2D eigenvalue weighted by atomic mass is 19.1. The Morgan fingerprint density at radius 3 is 2.96 bits per heavy atom. The fraction of sp³-hybridized carbons (Fsp3) is 0.0625. The molecule has 0 saturated heterocycles. The monoisotopic (exact) mass is 312 g/mol. The van der Waals surface area contributed by atoms with E-state index in [9.17, 15) is 14.3 Å². The van der Waals surface area contributed by atoms with Gasteiger partial charge in [-0.05, 0) is 29.8 Å². The Hall–Kier alpha value is -3.22. The molecule has 6 nitrogen and oxygen atoms in total. The number of aliphatic hydroxyl groups is 1. The molecule has 0 radical (unpaired) electrons. The van der Waals surface area contributed by atoms with Gasteiger partial charge < -0.3 is 9.67 Å². The maximum atomic E-state index is 13.2. The van der Waals surface area contributed by atoms with Crippen LogP contribution in [-0.4, -0.2) is 30.6 Å². The van der Waals surface area contributed by atoms with E-state index in [2.05, 4.69) is 15.2 Å². The van der Waals surface area contributed by atoms with Gasteiger partial charge in [0.2, 0.25) is 11.6 Å². The summed E-state index contributed by atoms with van der Waals surface area (Å²) in [5.41, 5.74) is 1.11. The SMILES string of the molecule is O=C(C=C(O)c1nc[nH]n1)c1cccn1Cc1cccc(F)c1. The minimum atomic E-state index is -0.395. The van der Waals surface area contributed by atoms with Gasteiger partial charge in [-0.1, -0.05) is 12.1 Å². The molecule has 0 aliphatic rings. The maximum Gasteiger partial charge on any atom is 0.215 e. The van der Waals surface area contributed by atoms with Gasteiger partial charge in [0, 0.05) is 18.8 Å². The molecule has 116 valence electrons. The smallest absolute Gasteiger partial charge is 0.215 e. The Morgan fingerprint density at radius 1 is 1.35 bits per heavy atom. The van der Waals surface area contributed by atoms with Gasteiger partial charge in [0.15, 0.2) is 5.76 Å². The van der Waals surface area contributed by atoms with Crippen molar-refractivity contribution in [1.29, 1.82) is 0 Å². The molecular weight excluding hydrogens is 299 g/mol. The van der Waals surface area contributed by atoms with Crippen LogP contribution in [-0.2, 0) is 6.54 Å². The minimum Gasteiger partial charge on any atom is -0.504 e. The van der Waals surface area contributed by atoms with Crippen LogP contribution in [0.25, 0.3) is 5.76 Å². The van der Waals surface area contributed by atoms with Crippen molar-refractivity contribution in [2.45, 2.75) is 6.54 Å². The van der Waals surface area contributed by atoms with E-state index in [0.29, 0.717) is 12.2 Å². The number of halogens is 1. The van der Waals surface area contributed by atoms with Crippen molar-refractivity contribution < 1.29 is 14.3 Å². The summed E-state index contributed by atoms with van der Waals surface area (Å²) in [5.74, 6) is -1.00. The number of carbonyl (C=O) groups is 1. The average molecular weight is 312 g/mol. The van der Waals surface area contributed by atoms with Crippen molar-refractivity contribution in [2.24, 2.45) is 0 Å². The van der Waals surface area contributed by atoms with Gasteiger partial charge >= 0.3 is 0 Å². The summed E-state index contributed by atoms with van der Waals surface area (Å²) in [7, 11) is 0. The minimum absolute atomic E-state index is 0.0431. The third-order valence-electron chi connectivity index (χ3n) is 3.24. The molecule has 7 heteroatoms. The van der Waals surface area contributed by atoms with Crippen LogP contribution in [0.15, 0.2) is 55.0 Å². The molecule has 0 saturated carbocycles. The molecule has 0 fully saturated rings. The van der Waals surface area contributed by atoms with Crippen LogP contribution in [0.1, 0.15) is 21.9 Å². The predicted molar refractivity (Wildman–Crippen MR) is 81.3 cm³/mol. The third kappa shape index (κ3) is 3.34. The van der Waals surface area contributed by atoms with Crippen LogP contribution in [0.3, 0.4) is 0 Å². The zero-order chi connectivity index (χ0) is 16.2. The molecule has 0 amide bonds. The number of ketones is 1. The van der Waals surface area contributed by atoms with Gasteiger partial charge in [0.1, 0.15) is 12.1 Å². The van der Waals surface area contributed by atoms with Gasteiger partial charge in [-0.2, -0.15) is 5.10 Å². The van der Waals surface area contributed by atoms with Crippen LogP contribution >= 0.6 is 0 Å². The molecule has 2 N–H and O–H groups in total. The molecule has 23 heavy (non-hydrogen) atoms. The second-order valence-corrected chi connectivity index (χ2v) is 4.87. The van der Waals surface area contributed by atoms with Crippen LogP contribution in [0, 0.1) is 5.82 Å². The highest BCUT2D eigenvalue weighted by Gasteiger charge is 2.12. The maximum absolute atomic E-state index is 13.2. The Balaban J connectivity index is 1.83. The van der Waals surface area contributed by atoms with Crippen molar-refractivity contribution in [3.8, 4) is 0 Å². The molecule has 0 spiro atoms. The van der Waals surface area contributed by atoms with Crippen LogP contribution in [0.2, 0.25) is 0 Å². The summed E-state index contributed by atoms with van der Waals surface area (Å²) >= 11 is 0. The van der Waals surface area contributed by atoms with E-state index in [1.54, 1.807) is 35.0 Å². The van der Waals surface area contributed by atoms with Crippen molar-refractivity contribution in [3.63, 3.8) is 0 Å². The number of aromatic amines is 1. The molecule has 2 heterocycles. The van der Waals surface area contributed by atoms with Gasteiger partial charge in [-0.25, -0.2) is 9.37 Å². The van der Waals surface area contributed by atoms with E-state index in [1.165, 1.54) is 18.5 Å². The Kier molecular flexibility index (Phi) is 4.01. The first-order valence-electron chi connectivity index (χ1n) is 6.84. The van der Waals surface area contributed by atoms with E-state index in [4.69, 9.17) is 0 Å². The molecule has 0 bridgehead atoms. The van der Waals surface area contributed by atoms with E-state index in [-0.39, 0.29) is 17.4 Å². The third-order valence-corrected chi connectivity index (χ3v) is 3.24. The van der Waals surface area contributed by atoms with Crippen LogP contribution in [0.5, 0.6) is 0 Å². The zero-order valence-electron chi connectivity index (χ0n) is 12.0. The van der Waals surface area contributed by atoms with Gasteiger partial charge in [0.25, 0.3) is 0 Å². The van der Waals surface area contributed by atoms with Gasteiger partial charge in [0.05, 0.1) is 5.69 Å². The van der Waals surface area contributed by atoms with Crippen molar-refractivity contribution in [1.82, 2.24) is 19.7 Å². The number of hydrogen-bond acceptors (Lipinski definition) is 4. The average Bonchev–Trinajstić information content (AvgIpc) is 3.18. The standard InChI is InChI=1S/C16H13FN4O2/c17-12-4-1-3-11(7-12)9-21-6-2-5-13(21)14(22)8-15(23)16-18-10-19-20-16/h1-8,10,23H,9H2,(H,18,19,20). The van der Waals surface area contributed by atoms with Gasteiger partial charge in [-0.3, -0.25) is 9.89 Å². The number of aliphatic hydroxyl groups excluding tert-OH is 1. The quantitative estimate of drug-likeness (QED) is 0.431. The lowest BCUT2D eigenvalue weighted by Gasteiger charge is -2.07. The molecule has 0 atom stereocenters. The fourth-order valence-corrected chi connectivity index (χ4v) is 2.20. The number of carbonyl (C=O) groups excluding carboxylic acids is 1. The van der Waals surface area contributed by atoms with E-state index in [1.807, 2.05) is 0 Å². The summed E-state index contributed by atoms with van der Waals surface area (Å²) in [5, 5.41) is 16.0. The van der Waals surface area contributed by atoms with E-state index in [0.717, 1.165) is 11.6 Å². The topological polar surface area (TPSA) is 83.8 Å². The van der Waals surface area contributed by atoms with E-state index < -0.39 is 5.78 Å². The first-order chi connectivity index (χ1) is 11.1. The second-order valence-electron chi connectivity index (χ2n) is 4.87. The number of nitrogens with one attached hydrogen (secondary N) is 1. The van der Waals surface area contributed by atoms with Crippen molar-refractivity contribution in [3.05, 3.63) is 77.9 Å². The fourth-order valence-electron chi connectivity index (χ4n) is 2.20. The predicted octanol–water partition coefficient (Wildman–Crippen LogP) is 2.58. The molecule has 1 aromatic carbocycles. The van der Waals surface area contributed by atoms with Crippen molar-refractivity contribution in [2.75, 3.05) is 0 Å². The molecule has 0 aliphatic heterocycles. The second kappa shape index (κ2) is 6.27. The first kappa shape index (κ1) is 14.7. The van der Waals surface area contributed by atoms with Crippen LogP contribution < -0.4 is 0 Å². The lowest BCUT2D eigenvalue weighted by Crippen LogP contribution is -2.08. The summed E-state index contributed by atoms with van der Waals surface area (Å²) in [4.78, 5) is 16.1. The Bertz CT molecular complexity index is 853. The van der Waals surface area contributed by atoms with E-state index >= 15 is 0 Å². The van der Waals surface area contributed by atoms with Crippen LogP contribution in [0.4, 0.5) is 4.39 Å². The summed E-state index contributed by atoms with van der Waals surface area (Å²) in [6, 6.07) is 9.51. The number of hydrogen-bond donors (Lipinski definition) is 2. The molecule has 2 aromatic heterocycles.